The van der Waals surface area contributed by atoms with E-state index >= 15 is 4.39 Å². The zero-order valence-corrected chi connectivity index (χ0v) is 25.7. The second-order valence-electron chi connectivity index (χ2n) is 12.0. The van der Waals surface area contributed by atoms with Gasteiger partial charge in [-0.05, 0) is 41.8 Å². The summed E-state index contributed by atoms with van der Waals surface area (Å²) in [5, 5.41) is 7.91. The number of benzene rings is 2. The van der Waals surface area contributed by atoms with Crippen LogP contribution in [0.2, 0.25) is 0 Å². The highest BCUT2D eigenvalue weighted by Gasteiger charge is 2.21. The second-order valence-corrected chi connectivity index (χ2v) is 12.0. The van der Waals surface area contributed by atoms with Crippen LogP contribution in [0, 0.1) is 11.7 Å². The number of rotatable bonds is 7. The molecule has 0 atom stereocenters. The molecule has 10 nitrogen and oxygen atoms in total. The standard InChI is InChI=1S/C35H35FN6O4/c1-41-30(19-22-5-3-2-4-6-22)38-21-26(35(41)44)25-11-12-28(27(36)20-25)46-29-13-14-37-33-31(29)32(39-40-33)23-7-9-24(10-8-23)34(43)42-15-17-45-18-16-42/h7-14,20-22H,2-6,15-19H2,1H3,(H,37,39,40). The Morgan fingerprint density at radius 3 is 2.52 bits per heavy atom. The molecular weight excluding hydrogens is 587 g/mol. The average Bonchev–Trinajstić information content (AvgIpc) is 3.54. The first-order valence-electron chi connectivity index (χ1n) is 15.8. The minimum Gasteiger partial charge on any atom is -0.453 e. The Balaban J connectivity index is 1.13. The van der Waals surface area contributed by atoms with Gasteiger partial charge in [-0.15, -0.1) is 0 Å². The minimum absolute atomic E-state index is 0.00597. The molecule has 0 unspecified atom stereocenters. The number of H-pyrrole nitrogens is 1. The van der Waals surface area contributed by atoms with Crippen molar-refractivity contribution in [1.29, 1.82) is 0 Å². The third kappa shape index (κ3) is 5.90. The number of hydrogen-bond donors (Lipinski definition) is 1. The van der Waals surface area contributed by atoms with Crippen LogP contribution in [0.15, 0.2) is 65.7 Å². The van der Waals surface area contributed by atoms with Crippen LogP contribution >= 0.6 is 0 Å². The predicted octanol–water partition coefficient (Wildman–Crippen LogP) is 5.91. The molecule has 3 aromatic heterocycles. The normalized spacial score (nSPS) is 15.7. The zero-order valence-electron chi connectivity index (χ0n) is 25.7. The van der Waals surface area contributed by atoms with Gasteiger partial charge in [0.05, 0.1) is 29.9 Å². The monoisotopic (exact) mass is 622 g/mol. The Hall–Kier alpha value is -4.90. The molecule has 1 aliphatic carbocycles. The van der Waals surface area contributed by atoms with E-state index in [1.54, 1.807) is 53.2 Å². The molecule has 0 bridgehead atoms. The van der Waals surface area contributed by atoms with Crippen LogP contribution in [0.3, 0.4) is 0 Å². The summed E-state index contributed by atoms with van der Waals surface area (Å²) in [5.41, 5.74) is 2.94. The summed E-state index contributed by atoms with van der Waals surface area (Å²) in [6.07, 6.45) is 9.93. The summed E-state index contributed by atoms with van der Waals surface area (Å²) in [6, 6.07) is 13.3. The molecule has 7 rings (SSSR count). The Bertz CT molecular complexity index is 1940. The third-order valence-electron chi connectivity index (χ3n) is 9.06. The summed E-state index contributed by atoms with van der Waals surface area (Å²) in [6.45, 7) is 2.20. The number of ether oxygens (including phenoxy) is 2. The number of hydrogen-bond acceptors (Lipinski definition) is 7. The van der Waals surface area contributed by atoms with Crippen molar-refractivity contribution in [3.63, 3.8) is 0 Å². The third-order valence-corrected chi connectivity index (χ3v) is 9.06. The van der Waals surface area contributed by atoms with E-state index in [0.717, 1.165) is 30.7 Å². The van der Waals surface area contributed by atoms with Gasteiger partial charge in [0, 0.05) is 50.1 Å². The van der Waals surface area contributed by atoms with Gasteiger partial charge in [-0.1, -0.05) is 50.3 Å². The fourth-order valence-corrected chi connectivity index (χ4v) is 6.43. The summed E-state index contributed by atoms with van der Waals surface area (Å²) in [7, 11) is 1.73. The van der Waals surface area contributed by atoms with Gasteiger partial charge in [0.2, 0.25) is 0 Å². The fourth-order valence-electron chi connectivity index (χ4n) is 6.43. The number of carbonyl (C=O) groups is 1. The van der Waals surface area contributed by atoms with Gasteiger partial charge in [-0.2, -0.15) is 5.10 Å². The topological polar surface area (TPSA) is 115 Å². The highest BCUT2D eigenvalue weighted by atomic mass is 19.1. The van der Waals surface area contributed by atoms with Gasteiger partial charge < -0.3 is 14.4 Å². The van der Waals surface area contributed by atoms with Crippen LogP contribution < -0.4 is 10.3 Å². The lowest BCUT2D eigenvalue weighted by Gasteiger charge is -2.26. The number of amides is 1. The highest BCUT2D eigenvalue weighted by molar-refractivity contribution is 5.98. The van der Waals surface area contributed by atoms with E-state index in [1.807, 2.05) is 12.1 Å². The van der Waals surface area contributed by atoms with Crippen molar-refractivity contribution in [2.75, 3.05) is 26.3 Å². The molecule has 2 fully saturated rings. The van der Waals surface area contributed by atoms with Crippen LogP contribution in [-0.4, -0.2) is 61.8 Å². The molecule has 1 saturated carbocycles. The van der Waals surface area contributed by atoms with Crippen molar-refractivity contribution in [3.8, 4) is 33.9 Å². The maximum Gasteiger partial charge on any atom is 0.261 e. The molecule has 2 aromatic carbocycles. The van der Waals surface area contributed by atoms with Crippen molar-refractivity contribution >= 4 is 16.9 Å². The van der Waals surface area contributed by atoms with Crippen molar-refractivity contribution in [1.82, 2.24) is 29.6 Å². The van der Waals surface area contributed by atoms with Crippen molar-refractivity contribution in [3.05, 3.63) is 88.5 Å². The summed E-state index contributed by atoms with van der Waals surface area (Å²) in [5.74, 6) is 1.000. The largest absolute Gasteiger partial charge is 0.453 e. The molecular formula is C35H35FN6O4. The Labute approximate surface area is 265 Å². The maximum absolute atomic E-state index is 15.5. The summed E-state index contributed by atoms with van der Waals surface area (Å²) < 4.78 is 28.6. The van der Waals surface area contributed by atoms with E-state index in [2.05, 4.69) is 20.2 Å². The van der Waals surface area contributed by atoms with E-state index < -0.39 is 5.82 Å². The summed E-state index contributed by atoms with van der Waals surface area (Å²) in [4.78, 5) is 36.9. The number of pyridine rings is 1. The van der Waals surface area contributed by atoms with Crippen LogP contribution in [0.1, 0.15) is 48.3 Å². The Morgan fingerprint density at radius 1 is 1.00 bits per heavy atom. The van der Waals surface area contributed by atoms with Crippen molar-refractivity contribution in [2.45, 2.75) is 38.5 Å². The summed E-state index contributed by atoms with van der Waals surface area (Å²) >= 11 is 0. The predicted molar refractivity (Wildman–Crippen MR) is 171 cm³/mol. The van der Waals surface area contributed by atoms with Crippen molar-refractivity contribution < 1.29 is 18.7 Å². The molecule has 0 radical (unpaired) electrons. The van der Waals surface area contributed by atoms with Crippen LogP contribution in [0.5, 0.6) is 11.5 Å². The fraction of sp³-hybridized carbons (Fsp3) is 0.343. The first-order valence-corrected chi connectivity index (χ1v) is 15.8. The average molecular weight is 623 g/mol. The number of nitrogens with one attached hydrogen (secondary N) is 1. The molecule has 1 saturated heterocycles. The molecule has 236 valence electrons. The van der Waals surface area contributed by atoms with E-state index in [-0.39, 0.29) is 17.2 Å². The number of aromatic nitrogens is 5. The lowest BCUT2D eigenvalue weighted by Crippen LogP contribution is -2.40. The minimum atomic E-state index is -0.619. The first-order chi connectivity index (χ1) is 22.5. The number of morpholine rings is 1. The number of nitrogens with zero attached hydrogens (tertiary/aromatic N) is 5. The van der Waals surface area contributed by atoms with Crippen LogP contribution in [-0.2, 0) is 18.2 Å². The quantitative estimate of drug-likeness (QED) is 0.240. The smallest absolute Gasteiger partial charge is 0.261 e. The Kier molecular flexibility index (Phi) is 8.32. The van der Waals surface area contributed by atoms with Gasteiger partial charge in [-0.3, -0.25) is 19.3 Å². The highest BCUT2D eigenvalue weighted by Crippen LogP contribution is 2.37. The molecule has 1 amide bonds. The molecule has 11 heteroatoms. The molecule has 46 heavy (non-hydrogen) atoms. The lowest BCUT2D eigenvalue weighted by molar-refractivity contribution is 0.0303. The van der Waals surface area contributed by atoms with Gasteiger partial charge in [-0.25, -0.2) is 14.4 Å². The van der Waals surface area contributed by atoms with Crippen molar-refractivity contribution in [2.24, 2.45) is 13.0 Å². The van der Waals surface area contributed by atoms with E-state index in [9.17, 15) is 9.59 Å². The first kappa shape index (κ1) is 29.8. The van der Waals surface area contributed by atoms with Gasteiger partial charge >= 0.3 is 0 Å². The molecule has 5 aromatic rings. The molecule has 2 aliphatic rings. The molecule has 4 heterocycles. The number of carbonyl (C=O) groups excluding carboxylic acids is 1. The van der Waals surface area contributed by atoms with E-state index in [0.29, 0.717) is 71.4 Å². The Morgan fingerprint density at radius 2 is 1.76 bits per heavy atom. The number of aromatic amines is 1. The SMILES string of the molecule is Cn1c(CC2CCCCC2)ncc(-c2ccc(Oc3ccnc4n[nH]c(-c5ccc(C(=O)N6CCOCC6)cc5)c34)c(F)c2)c1=O. The zero-order chi connectivity index (χ0) is 31.6. The van der Waals surface area contributed by atoms with Gasteiger partial charge in [0.1, 0.15) is 11.6 Å². The molecule has 1 N–H and O–H groups in total. The van der Waals surface area contributed by atoms with Crippen LogP contribution in [0.25, 0.3) is 33.4 Å². The van der Waals surface area contributed by atoms with Gasteiger partial charge in [0.15, 0.2) is 17.2 Å². The number of fused-ring (bicyclic) bond motifs is 1. The maximum atomic E-state index is 15.5. The number of halogens is 1. The van der Waals surface area contributed by atoms with E-state index in [4.69, 9.17) is 9.47 Å². The van der Waals surface area contributed by atoms with Gasteiger partial charge in [0.25, 0.3) is 11.5 Å². The van der Waals surface area contributed by atoms with Crippen LogP contribution in [0.4, 0.5) is 4.39 Å². The van der Waals surface area contributed by atoms with E-state index in [1.165, 1.54) is 31.4 Å². The second kappa shape index (κ2) is 12.8. The molecule has 1 aliphatic heterocycles. The lowest BCUT2D eigenvalue weighted by atomic mass is 9.87. The molecule has 0 spiro atoms.